The maximum Gasteiger partial charge on any atom is 0.260 e. The summed E-state index contributed by atoms with van der Waals surface area (Å²) >= 11 is 1.44. The molecular weight excluding hydrogens is 248 g/mol. The molecule has 0 fully saturated rings. The lowest BCUT2D eigenvalue weighted by Gasteiger charge is -2.14. The van der Waals surface area contributed by atoms with Gasteiger partial charge in [-0.05, 0) is 0 Å². The molecule has 6 heteroatoms. The third-order valence-electron chi connectivity index (χ3n) is 2.46. The van der Waals surface area contributed by atoms with E-state index >= 15 is 0 Å². The van der Waals surface area contributed by atoms with Crippen LogP contribution in [0.3, 0.4) is 0 Å². The number of anilines is 1. The summed E-state index contributed by atoms with van der Waals surface area (Å²) < 4.78 is 1.59. The Morgan fingerprint density at radius 1 is 1.44 bits per heavy atom. The molecule has 1 N–H and O–H groups in total. The van der Waals surface area contributed by atoms with E-state index in [-0.39, 0.29) is 11.3 Å². The SMILES string of the molecule is Cn1cc(C(=O)Nc2nc(C(C)(C)C)cs2)cn1. The summed E-state index contributed by atoms with van der Waals surface area (Å²) in [5.41, 5.74) is 1.51. The van der Waals surface area contributed by atoms with Gasteiger partial charge in [0.25, 0.3) is 5.91 Å². The first-order valence-corrected chi connectivity index (χ1v) is 6.50. The number of hydrogen-bond donors (Lipinski definition) is 1. The normalized spacial score (nSPS) is 11.6. The molecule has 0 unspecified atom stereocenters. The summed E-state index contributed by atoms with van der Waals surface area (Å²) in [4.78, 5) is 16.3. The maximum atomic E-state index is 11.9. The Kier molecular flexibility index (Phi) is 3.21. The van der Waals surface area contributed by atoms with Crippen LogP contribution in [-0.4, -0.2) is 20.7 Å². The van der Waals surface area contributed by atoms with E-state index in [9.17, 15) is 4.79 Å². The Morgan fingerprint density at radius 3 is 2.67 bits per heavy atom. The highest BCUT2D eigenvalue weighted by molar-refractivity contribution is 7.14. The van der Waals surface area contributed by atoms with Crippen molar-refractivity contribution in [2.24, 2.45) is 7.05 Å². The first-order chi connectivity index (χ1) is 8.36. The second-order valence-electron chi connectivity index (χ2n) is 5.14. The lowest BCUT2D eigenvalue weighted by Crippen LogP contribution is -2.14. The van der Waals surface area contributed by atoms with Crippen molar-refractivity contribution >= 4 is 22.4 Å². The molecule has 18 heavy (non-hydrogen) atoms. The van der Waals surface area contributed by atoms with E-state index in [4.69, 9.17) is 0 Å². The number of rotatable bonds is 2. The number of aromatic nitrogens is 3. The number of aryl methyl sites for hydroxylation is 1. The van der Waals surface area contributed by atoms with Gasteiger partial charge in [0, 0.05) is 24.0 Å². The molecule has 2 rings (SSSR count). The molecule has 2 aromatic heterocycles. The van der Waals surface area contributed by atoms with E-state index < -0.39 is 0 Å². The van der Waals surface area contributed by atoms with Crippen molar-refractivity contribution in [2.75, 3.05) is 5.32 Å². The Balaban J connectivity index is 2.10. The lowest BCUT2D eigenvalue weighted by atomic mass is 9.93. The van der Waals surface area contributed by atoms with Gasteiger partial charge in [-0.2, -0.15) is 5.10 Å². The fourth-order valence-electron chi connectivity index (χ4n) is 1.38. The van der Waals surface area contributed by atoms with Gasteiger partial charge in [-0.1, -0.05) is 20.8 Å². The Labute approximate surface area is 110 Å². The van der Waals surface area contributed by atoms with Crippen molar-refractivity contribution in [3.63, 3.8) is 0 Å². The highest BCUT2D eigenvalue weighted by atomic mass is 32.1. The highest BCUT2D eigenvalue weighted by Crippen LogP contribution is 2.26. The first-order valence-electron chi connectivity index (χ1n) is 5.62. The van der Waals surface area contributed by atoms with Crippen molar-refractivity contribution in [1.29, 1.82) is 0 Å². The van der Waals surface area contributed by atoms with Crippen molar-refractivity contribution in [3.8, 4) is 0 Å². The van der Waals surface area contributed by atoms with Gasteiger partial charge in [-0.25, -0.2) is 4.98 Å². The lowest BCUT2D eigenvalue weighted by molar-refractivity contribution is 0.102. The van der Waals surface area contributed by atoms with Crippen LogP contribution >= 0.6 is 11.3 Å². The molecule has 2 heterocycles. The van der Waals surface area contributed by atoms with Crippen molar-refractivity contribution < 1.29 is 4.79 Å². The van der Waals surface area contributed by atoms with Crippen LogP contribution in [0.4, 0.5) is 5.13 Å². The Bertz CT molecular complexity index is 565. The van der Waals surface area contributed by atoms with Crippen LogP contribution in [0.2, 0.25) is 0 Å². The average Bonchev–Trinajstić information content (AvgIpc) is 2.85. The van der Waals surface area contributed by atoms with Gasteiger partial charge < -0.3 is 0 Å². The Morgan fingerprint density at radius 2 is 2.17 bits per heavy atom. The van der Waals surface area contributed by atoms with Gasteiger partial charge in [0.1, 0.15) is 0 Å². The molecule has 0 radical (unpaired) electrons. The van der Waals surface area contributed by atoms with Crippen LogP contribution in [0.5, 0.6) is 0 Å². The molecule has 0 atom stereocenters. The van der Waals surface area contributed by atoms with Crippen LogP contribution in [-0.2, 0) is 12.5 Å². The van der Waals surface area contributed by atoms with E-state index in [1.54, 1.807) is 17.9 Å². The Hall–Kier alpha value is -1.69. The highest BCUT2D eigenvalue weighted by Gasteiger charge is 2.18. The third-order valence-corrected chi connectivity index (χ3v) is 3.22. The minimum absolute atomic E-state index is 0.00617. The molecule has 0 aromatic carbocycles. The van der Waals surface area contributed by atoms with E-state index in [0.717, 1.165) is 5.69 Å². The smallest absolute Gasteiger partial charge is 0.260 e. The van der Waals surface area contributed by atoms with Crippen LogP contribution in [0.1, 0.15) is 36.8 Å². The predicted molar refractivity (Wildman–Crippen MR) is 72.0 cm³/mol. The van der Waals surface area contributed by atoms with E-state index in [0.29, 0.717) is 10.7 Å². The monoisotopic (exact) mass is 264 g/mol. The summed E-state index contributed by atoms with van der Waals surface area (Å²) in [6.07, 6.45) is 3.21. The summed E-state index contributed by atoms with van der Waals surface area (Å²) in [5, 5.41) is 9.33. The molecule has 0 spiro atoms. The molecule has 0 bridgehead atoms. The van der Waals surface area contributed by atoms with Gasteiger partial charge in [-0.3, -0.25) is 14.8 Å². The molecule has 0 aliphatic heterocycles. The van der Waals surface area contributed by atoms with Crippen LogP contribution in [0.25, 0.3) is 0 Å². The summed E-state index contributed by atoms with van der Waals surface area (Å²) in [6, 6.07) is 0. The standard InChI is InChI=1S/C12H16N4OS/c1-12(2,3)9-7-18-11(14-9)15-10(17)8-5-13-16(4)6-8/h5-7H,1-4H3,(H,14,15,17). The average molecular weight is 264 g/mol. The van der Waals surface area contributed by atoms with Crippen LogP contribution in [0.15, 0.2) is 17.8 Å². The number of nitrogens with zero attached hydrogens (tertiary/aromatic N) is 3. The number of amides is 1. The predicted octanol–water partition coefficient (Wildman–Crippen LogP) is 2.43. The zero-order valence-corrected chi connectivity index (χ0v) is 11.7. The van der Waals surface area contributed by atoms with Crippen LogP contribution < -0.4 is 5.32 Å². The minimum atomic E-state index is -0.182. The molecule has 1 amide bonds. The third kappa shape index (κ3) is 2.76. The largest absolute Gasteiger partial charge is 0.298 e. The van der Waals surface area contributed by atoms with Gasteiger partial charge >= 0.3 is 0 Å². The molecule has 2 aromatic rings. The summed E-state index contributed by atoms with van der Waals surface area (Å²) in [5.74, 6) is -0.182. The minimum Gasteiger partial charge on any atom is -0.298 e. The van der Waals surface area contributed by atoms with Crippen molar-refractivity contribution in [2.45, 2.75) is 26.2 Å². The number of thiazole rings is 1. The van der Waals surface area contributed by atoms with Gasteiger partial charge in [0.05, 0.1) is 17.5 Å². The fourth-order valence-corrected chi connectivity index (χ4v) is 2.32. The van der Waals surface area contributed by atoms with E-state index in [1.165, 1.54) is 17.5 Å². The molecule has 5 nitrogen and oxygen atoms in total. The van der Waals surface area contributed by atoms with Gasteiger partial charge in [0.2, 0.25) is 0 Å². The molecule has 0 saturated carbocycles. The number of carbonyl (C=O) groups is 1. The van der Waals surface area contributed by atoms with E-state index in [1.807, 2.05) is 5.38 Å². The fraction of sp³-hybridized carbons (Fsp3) is 0.417. The quantitative estimate of drug-likeness (QED) is 0.906. The molecular formula is C12H16N4OS. The topological polar surface area (TPSA) is 59.8 Å². The molecule has 0 aliphatic carbocycles. The maximum absolute atomic E-state index is 11.9. The van der Waals surface area contributed by atoms with E-state index in [2.05, 4.69) is 36.2 Å². The van der Waals surface area contributed by atoms with Crippen molar-refractivity contribution in [1.82, 2.24) is 14.8 Å². The second kappa shape index (κ2) is 4.53. The molecule has 0 saturated heterocycles. The van der Waals surface area contributed by atoms with Gasteiger partial charge in [0.15, 0.2) is 5.13 Å². The van der Waals surface area contributed by atoms with Gasteiger partial charge in [-0.15, -0.1) is 11.3 Å². The van der Waals surface area contributed by atoms with Crippen molar-refractivity contribution in [3.05, 3.63) is 29.0 Å². The number of hydrogen-bond acceptors (Lipinski definition) is 4. The van der Waals surface area contributed by atoms with Crippen LogP contribution in [0, 0.1) is 0 Å². The first kappa shape index (κ1) is 12.8. The number of carbonyl (C=O) groups excluding carboxylic acids is 1. The molecule has 96 valence electrons. The zero-order chi connectivity index (χ0) is 13.3. The second-order valence-corrected chi connectivity index (χ2v) is 6.00. The number of nitrogens with one attached hydrogen (secondary N) is 1. The molecule has 0 aliphatic rings. The summed E-state index contributed by atoms with van der Waals surface area (Å²) in [6.45, 7) is 6.28. The zero-order valence-electron chi connectivity index (χ0n) is 10.9. The summed E-state index contributed by atoms with van der Waals surface area (Å²) in [7, 11) is 1.78.